The largest absolute Gasteiger partial charge is 1.00 e. The molecule has 0 bridgehead atoms. The quantitative estimate of drug-likeness (QED) is 0.389. The van der Waals surface area contributed by atoms with E-state index in [1.54, 1.807) is 17.6 Å². The number of halogens is 1. The molecule has 8 nitrogen and oxygen atoms in total. The second-order valence-corrected chi connectivity index (χ2v) is 7.44. The number of fused-ring (bicyclic) bond motifs is 5. The van der Waals surface area contributed by atoms with Crippen LogP contribution in [0.4, 0.5) is 0 Å². The van der Waals surface area contributed by atoms with Gasteiger partial charge in [0, 0.05) is 16.5 Å². The predicted octanol–water partition coefficient (Wildman–Crippen LogP) is -1.41. The van der Waals surface area contributed by atoms with E-state index in [1.807, 2.05) is 30.3 Å². The van der Waals surface area contributed by atoms with E-state index in [-0.39, 0.29) is 37.5 Å². The van der Waals surface area contributed by atoms with Crippen molar-refractivity contribution in [3.63, 3.8) is 0 Å². The van der Waals surface area contributed by atoms with Crippen molar-refractivity contribution in [2.24, 2.45) is 5.73 Å². The van der Waals surface area contributed by atoms with Crippen molar-refractivity contribution in [1.82, 2.24) is 9.55 Å². The standard InChI is InChI=1S/C22H19N3O5.ClH/c1-2-22(30-18(26)9-23)15-8-17-19-13(7-12-5-3-4-6-16(12)24-19)10-25(17)20(27)14(15)11-29-21(22)28;/h3-8H,2,9-11,23H2,1H3;1H/p-1. The van der Waals surface area contributed by atoms with Crippen molar-refractivity contribution in [1.29, 1.82) is 0 Å². The maximum absolute atomic E-state index is 13.3. The zero-order valence-electron chi connectivity index (χ0n) is 16.7. The van der Waals surface area contributed by atoms with Crippen LogP contribution in [-0.2, 0) is 37.8 Å². The van der Waals surface area contributed by atoms with Gasteiger partial charge in [0.2, 0.25) is 5.60 Å². The number of ether oxygens (including phenoxy) is 2. The molecule has 0 aliphatic carbocycles. The summed E-state index contributed by atoms with van der Waals surface area (Å²) in [4.78, 5) is 42.8. The molecule has 0 saturated heterocycles. The van der Waals surface area contributed by atoms with Crippen LogP contribution in [0.1, 0.15) is 30.0 Å². The topological polar surface area (TPSA) is 114 Å². The average Bonchev–Trinajstić information content (AvgIpc) is 3.12. The number of esters is 2. The summed E-state index contributed by atoms with van der Waals surface area (Å²) in [6.07, 6.45) is 0.117. The van der Waals surface area contributed by atoms with Crippen LogP contribution in [0.3, 0.4) is 0 Å². The minimum atomic E-state index is -1.70. The second-order valence-electron chi connectivity index (χ2n) is 7.44. The number of hydrogen-bond acceptors (Lipinski definition) is 7. The highest BCUT2D eigenvalue weighted by Crippen LogP contribution is 2.40. The summed E-state index contributed by atoms with van der Waals surface area (Å²) in [5.41, 5.74) is 7.09. The molecule has 1 unspecified atom stereocenters. The molecule has 2 aromatic heterocycles. The molecule has 0 radical (unpaired) electrons. The van der Waals surface area contributed by atoms with Gasteiger partial charge < -0.3 is 32.2 Å². The van der Waals surface area contributed by atoms with E-state index in [2.05, 4.69) is 0 Å². The van der Waals surface area contributed by atoms with Crippen molar-refractivity contribution in [3.8, 4) is 11.4 Å². The fourth-order valence-corrected chi connectivity index (χ4v) is 4.32. The lowest BCUT2D eigenvalue weighted by Crippen LogP contribution is -3.00. The van der Waals surface area contributed by atoms with Crippen LogP contribution in [0, 0.1) is 0 Å². The Balaban J connectivity index is 0.00000231. The molecule has 3 aromatic rings. The summed E-state index contributed by atoms with van der Waals surface area (Å²) in [6.45, 7) is 1.53. The molecule has 2 aliphatic rings. The molecule has 1 aromatic carbocycles. The molecule has 0 amide bonds. The van der Waals surface area contributed by atoms with Gasteiger partial charge in [0.25, 0.3) is 5.56 Å². The molecule has 2 N–H and O–H groups in total. The number of pyridine rings is 2. The van der Waals surface area contributed by atoms with Gasteiger partial charge in [-0.05, 0) is 24.6 Å². The monoisotopic (exact) mass is 440 g/mol. The molecular formula is C22H19ClN3O5-. The van der Waals surface area contributed by atoms with Gasteiger partial charge in [0.15, 0.2) is 0 Å². The molecule has 0 fully saturated rings. The summed E-state index contributed by atoms with van der Waals surface area (Å²) in [5.74, 6) is -1.44. The SMILES string of the molecule is CCC1(OC(=O)CN)C(=O)OCc2c1cc1n(c2=O)Cc2cc3ccccc3nc2-1.[Cl-]. The third-order valence-corrected chi connectivity index (χ3v) is 5.84. The van der Waals surface area contributed by atoms with Crippen molar-refractivity contribution in [3.05, 3.63) is 63.4 Å². The predicted molar refractivity (Wildman–Crippen MR) is 107 cm³/mol. The van der Waals surface area contributed by atoms with Crippen molar-refractivity contribution < 1.29 is 31.5 Å². The molecule has 0 spiro atoms. The van der Waals surface area contributed by atoms with Gasteiger partial charge in [-0.3, -0.25) is 9.59 Å². The summed E-state index contributed by atoms with van der Waals surface area (Å²) in [7, 11) is 0. The highest BCUT2D eigenvalue weighted by molar-refractivity contribution is 5.88. The van der Waals surface area contributed by atoms with Crippen LogP contribution in [0.15, 0.2) is 41.2 Å². The molecule has 9 heteroatoms. The molecular weight excluding hydrogens is 422 g/mol. The molecule has 0 saturated carbocycles. The van der Waals surface area contributed by atoms with E-state index in [0.717, 1.165) is 16.5 Å². The Kier molecular flexibility index (Phi) is 5.07. The Bertz CT molecular complexity index is 1300. The fraction of sp³-hybridized carbons (Fsp3) is 0.273. The Morgan fingerprint density at radius 3 is 2.81 bits per heavy atom. The summed E-state index contributed by atoms with van der Waals surface area (Å²) >= 11 is 0. The summed E-state index contributed by atoms with van der Waals surface area (Å²) < 4.78 is 12.4. The van der Waals surface area contributed by atoms with E-state index in [1.165, 1.54) is 0 Å². The Morgan fingerprint density at radius 2 is 2.06 bits per heavy atom. The number of cyclic esters (lactones) is 1. The lowest BCUT2D eigenvalue weighted by molar-refractivity contribution is -0.188. The van der Waals surface area contributed by atoms with Crippen LogP contribution in [0.2, 0.25) is 0 Å². The number of benzene rings is 1. The smallest absolute Gasteiger partial charge is 0.355 e. The first-order valence-corrected chi connectivity index (χ1v) is 9.74. The number of nitrogens with zero attached hydrogens (tertiary/aromatic N) is 2. The van der Waals surface area contributed by atoms with Crippen LogP contribution in [0.25, 0.3) is 22.3 Å². The Hall–Kier alpha value is -3.23. The molecule has 1 atom stereocenters. The Labute approximate surface area is 183 Å². The Morgan fingerprint density at radius 1 is 1.29 bits per heavy atom. The minimum Gasteiger partial charge on any atom is -1.00 e. The number of aromatic nitrogens is 2. The van der Waals surface area contributed by atoms with Gasteiger partial charge in [-0.15, -0.1) is 0 Å². The van der Waals surface area contributed by atoms with Crippen molar-refractivity contribution in [2.45, 2.75) is 32.1 Å². The third kappa shape index (κ3) is 2.94. The van der Waals surface area contributed by atoms with E-state index in [0.29, 0.717) is 29.1 Å². The summed E-state index contributed by atoms with van der Waals surface area (Å²) in [6, 6.07) is 11.5. The van der Waals surface area contributed by atoms with Gasteiger partial charge >= 0.3 is 11.9 Å². The van der Waals surface area contributed by atoms with E-state index in [4.69, 9.17) is 20.2 Å². The zero-order chi connectivity index (χ0) is 21.0. The molecule has 160 valence electrons. The average molecular weight is 441 g/mol. The van der Waals surface area contributed by atoms with Gasteiger partial charge in [-0.25, -0.2) is 9.78 Å². The summed E-state index contributed by atoms with van der Waals surface area (Å²) in [5, 5.41) is 0.986. The first-order chi connectivity index (χ1) is 14.5. The molecule has 4 heterocycles. The van der Waals surface area contributed by atoms with E-state index < -0.39 is 17.5 Å². The number of carbonyl (C=O) groups is 2. The molecule has 5 rings (SSSR count). The second kappa shape index (κ2) is 7.47. The first-order valence-electron chi connectivity index (χ1n) is 9.74. The van der Waals surface area contributed by atoms with Crippen LogP contribution < -0.4 is 23.7 Å². The van der Waals surface area contributed by atoms with E-state index >= 15 is 0 Å². The highest BCUT2D eigenvalue weighted by Gasteiger charge is 2.50. The number of nitrogens with two attached hydrogens (primary N) is 1. The van der Waals surface area contributed by atoms with Crippen LogP contribution in [0.5, 0.6) is 0 Å². The minimum absolute atomic E-state index is 0. The fourth-order valence-electron chi connectivity index (χ4n) is 4.32. The number of hydrogen-bond donors (Lipinski definition) is 1. The van der Waals surface area contributed by atoms with Crippen LogP contribution in [-0.4, -0.2) is 28.0 Å². The third-order valence-electron chi connectivity index (χ3n) is 5.84. The number of rotatable bonds is 3. The van der Waals surface area contributed by atoms with Crippen molar-refractivity contribution in [2.75, 3.05) is 6.54 Å². The lowest BCUT2D eigenvalue weighted by atomic mass is 9.85. The van der Waals surface area contributed by atoms with Gasteiger partial charge in [-0.1, -0.05) is 25.1 Å². The van der Waals surface area contributed by atoms with E-state index in [9.17, 15) is 14.4 Å². The first kappa shape index (κ1) is 21.0. The molecule has 2 aliphatic heterocycles. The van der Waals surface area contributed by atoms with Gasteiger partial charge in [0.05, 0.1) is 35.6 Å². The highest BCUT2D eigenvalue weighted by atomic mass is 35.5. The zero-order valence-corrected chi connectivity index (χ0v) is 17.4. The number of carbonyl (C=O) groups excluding carboxylic acids is 2. The maximum atomic E-state index is 13.3. The van der Waals surface area contributed by atoms with Crippen LogP contribution >= 0.6 is 0 Å². The normalized spacial score (nSPS) is 18.5. The van der Waals surface area contributed by atoms with Gasteiger partial charge in [-0.2, -0.15) is 0 Å². The van der Waals surface area contributed by atoms with Gasteiger partial charge in [0.1, 0.15) is 6.61 Å². The lowest BCUT2D eigenvalue weighted by Gasteiger charge is -2.35. The molecule has 31 heavy (non-hydrogen) atoms. The number of para-hydroxylation sites is 1. The van der Waals surface area contributed by atoms with Crippen molar-refractivity contribution >= 4 is 22.8 Å². The maximum Gasteiger partial charge on any atom is 0.355 e.